The Labute approximate surface area is 90.9 Å². The summed E-state index contributed by atoms with van der Waals surface area (Å²) in [5.41, 5.74) is 0. The van der Waals surface area contributed by atoms with Gasteiger partial charge in [0.15, 0.2) is 0 Å². The van der Waals surface area contributed by atoms with Gasteiger partial charge in [-0.1, -0.05) is 26.7 Å². The van der Waals surface area contributed by atoms with Crippen LogP contribution in [0.15, 0.2) is 22.8 Å². The average Bonchev–Trinajstić information content (AvgIpc) is 2.55. The summed E-state index contributed by atoms with van der Waals surface area (Å²) in [6, 6.07) is 4.00. The molecule has 1 aromatic rings. The minimum Gasteiger partial charge on any atom is -0.469 e. The quantitative estimate of drug-likeness (QED) is 0.785. The molecule has 0 spiro atoms. The van der Waals surface area contributed by atoms with Gasteiger partial charge in [0, 0.05) is 6.42 Å². The van der Waals surface area contributed by atoms with E-state index < -0.39 is 8.25 Å². The first-order valence-electron chi connectivity index (χ1n) is 5.00. The van der Waals surface area contributed by atoms with Gasteiger partial charge in [-0.2, -0.15) is 0 Å². The van der Waals surface area contributed by atoms with E-state index in [4.69, 9.17) is 18.8 Å². The fraction of sp³-hybridized carbons (Fsp3) is 0.600. The van der Waals surface area contributed by atoms with Gasteiger partial charge >= 0.3 is 8.25 Å². The SMILES string of the molecule is CCCC(C)Cc1ccco1.O=[PH](O)O. The lowest BCUT2D eigenvalue weighted by atomic mass is 10.0. The number of hydrogen-bond acceptors (Lipinski definition) is 2. The van der Waals surface area contributed by atoms with E-state index in [0.29, 0.717) is 0 Å². The fourth-order valence-electron chi connectivity index (χ4n) is 1.37. The molecule has 88 valence electrons. The Hall–Kier alpha value is -0.570. The zero-order valence-corrected chi connectivity index (χ0v) is 10.1. The molecule has 0 saturated heterocycles. The Bertz CT molecular complexity index is 254. The summed E-state index contributed by atoms with van der Waals surface area (Å²) in [6.07, 6.45) is 5.39. The minimum absolute atomic E-state index is 0.756. The standard InChI is InChI=1S/C10H16O.H3O3P/c1-3-5-9(2)8-10-6-4-7-11-10;1-4(2)3/h4,6-7,9H,3,5,8H2,1-2H3;4H,(H2,1,2,3). The van der Waals surface area contributed by atoms with Gasteiger partial charge < -0.3 is 14.2 Å². The zero-order chi connectivity index (χ0) is 11.7. The van der Waals surface area contributed by atoms with Crippen LogP contribution >= 0.6 is 8.25 Å². The monoisotopic (exact) mass is 234 g/mol. The third kappa shape index (κ3) is 9.73. The van der Waals surface area contributed by atoms with Crippen LogP contribution in [0.3, 0.4) is 0 Å². The zero-order valence-electron chi connectivity index (χ0n) is 9.14. The molecule has 1 atom stereocenters. The second-order valence-corrected chi connectivity index (χ2v) is 4.03. The van der Waals surface area contributed by atoms with Crippen LogP contribution in [0.5, 0.6) is 0 Å². The predicted molar refractivity (Wildman–Crippen MR) is 59.9 cm³/mol. The van der Waals surface area contributed by atoms with Crippen LogP contribution in [0.2, 0.25) is 0 Å². The Balaban J connectivity index is 0.000000423. The largest absolute Gasteiger partial charge is 0.469 e. The van der Waals surface area contributed by atoms with E-state index >= 15 is 0 Å². The maximum absolute atomic E-state index is 8.74. The molecule has 4 nitrogen and oxygen atoms in total. The van der Waals surface area contributed by atoms with Crippen molar-refractivity contribution in [1.29, 1.82) is 0 Å². The highest BCUT2D eigenvalue weighted by Crippen LogP contribution is 2.13. The van der Waals surface area contributed by atoms with E-state index in [1.54, 1.807) is 6.26 Å². The minimum atomic E-state index is -3.13. The van der Waals surface area contributed by atoms with E-state index in [9.17, 15) is 0 Å². The third-order valence-electron chi connectivity index (χ3n) is 1.91. The third-order valence-corrected chi connectivity index (χ3v) is 1.91. The normalized spacial score (nSPS) is 12.1. The fourth-order valence-corrected chi connectivity index (χ4v) is 1.37. The van der Waals surface area contributed by atoms with Crippen LogP contribution in [-0.2, 0) is 11.0 Å². The molecule has 15 heavy (non-hydrogen) atoms. The summed E-state index contributed by atoms with van der Waals surface area (Å²) in [5, 5.41) is 0. The van der Waals surface area contributed by atoms with Gasteiger partial charge in [0.05, 0.1) is 6.26 Å². The van der Waals surface area contributed by atoms with Crippen molar-refractivity contribution in [3.8, 4) is 0 Å². The van der Waals surface area contributed by atoms with Crippen molar-refractivity contribution in [3.63, 3.8) is 0 Å². The lowest BCUT2D eigenvalue weighted by molar-refractivity contribution is 0.405. The first kappa shape index (κ1) is 14.4. The van der Waals surface area contributed by atoms with Crippen LogP contribution in [0.1, 0.15) is 32.4 Å². The molecule has 0 radical (unpaired) electrons. The lowest BCUT2D eigenvalue weighted by Crippen LogP contribution is -1.97. The molecule has 0 aliphatic carbocycles. The lowest BCUT2D eigenvalue weighted by Gasteiger charge is -2.06. The molecule has 1 unspecified atom stereocenters. The first-order valence-corrected chi connectivity index (χ1v) is 6.30. The van der Waals surface area contributed by atoms with Gasteiger partial charge in [0.1, 0.15) is 5.76 Å². The second kappa shape index (κ2) is 8.72. The summed E-state index contributed by atoms with van der Waals surface area (Å²) >= 11 is 0. The Morgan fingerprint density at radius 1 is 1.53 bits per heavy atom. The molecular weight excluding hydrogens is 215 g/mol. The topological polar surface area (TPSA) is 70.7 Å². The average molecular weight is 234 g/mol. The molecular formula is C10H19O4P. The molecule has 0 aliphatic heterocycles. The van der Waals surface area contributed by atoms with Crippen molar-refractivity contribution in [3.05, 3.63) is 24.2 Å². The molecule has 2 N–H and O–H groups in total. The van der Waals surface area contributed by atoms with Crippen LogP contribution < -0.4 is 0 Å². The smallest absolute Gasteiger partial charge is 0.314 e. The second-order valence-electron chi connectivity index (χ2n) is 3.46. The molecule has 0 bridgehead atoms. The maximum atomic E-state index is 8.74. The van der Waals surface area contributed by atoms with E-state index in [-0.39, 0.29) is 0 Å². The summed E-state index contributed by atoms with van der Waals surface area (Å²) in [6.45, 7) is 4.49. The van der Waals surface area contributed by atoms with Gasteiger partial charge in [-0.25, -0.2) is 0 Å². The van der Waals surface area contributed by atoms with Crippen molar-refractivity contribution < 1.29 is 18.8 Å². The Morgan fingerprint density at radius 3 is 2.53 bits per heavy atom. The maximum Gasteiger partial charge on any atom is 0.314 e. The van der Waals surface area contributed by atoms with E-state index in [1.165, 1.54) is 12.8 Å². The van der Waals surface area contributed by atoms with Gasteiger partial charge in [0.25, 0.3) is 0 Å². The van der Waals surface area contributed by atoms with Crippen molar-refractivity contribution in [2.75, 3.05) is 0 Å². The van der Waals surface area contributed by atoms with Crippen LogP contribution in [0, 0.1) is 5.92 Å². The van der Waals surface area contributed by atoms with Crippen molar-refractivity contribution in [1.82, 2.24) is 0 Å². The summed E-state index contributed by atoms with van der Waals surface area (Å²) in [7, 11) is -3.13. The van der Waals surface area contributed by atoms with E-state index in [0.717, 1.165) is 18.1 Å². The Kier molecular flexibility index (Phi) is 8.38. The van der Waals surface area contributed by atoms with Crippen molar-refractivity contribution in [2.24, 2.45) is 5.92 Å². The molecule has 0 aliphatic rings. The molecule has 5 heteroatoms. The van der Waals surface area contributed by atoms with Gasteiger partial charge in [-0.05, 0) is 18.1 Å². The van der Waals surface area contributed by atoms with Gasteiger partial charge in [-0.3, -0.25) is 4.57 Å². The summed E-state index contributed by atoms with van der Waals surface area (Å²) in [5.74, 6) is 1.87. The van der Waals surface area contributed by atoms with Crippen molar-refractivity contribution >= 4 is 8.25 Å². The molecule has 1 rings (SSSR count). The molecule has 0 saturated carbocycles. The number of furan rings is 1. The highest BCUT2D eigenvalue weighted by molar-refractivity contribution is 7.30. The molecule has 1 heterocycles. The molecule has 0 amide bonds. The number of hydrogen-bond donors (Lipinski definition) is 2. The highest BCUT2D eigenvalue weighted by atomic mass is 31.1. The summed E-state index contributed by atoms with van der Waals surface area (Å²) in [4.78, 5) is 14.3. The highest BCUT2D eigenvalue weighted by Gasteiger charge is 2.03. The summed E-state index contributed by atoms with van der Waals surface area (Å²) < 4.78 is 14.0. The van der Waals surface area contributed by atoms with Crippen LogP contribution in [0.4, 0.5) is 0 Å². The van der Waals surface area contributed by atoms with Gasteiger partial charge in [0.2, 0.25) is 0 Å². The van der Waals surface area contributed by atoms with E-state index in [1.807, 2.05) is 12.1 Å². The van der Waals surface area contributed by atoms with E-state index in [2.05, 4.69) is 13.8 Å². The predicted octanol–water partition coefficient (Wildman–Crippen LogP) is 2.62. The van der Waals surface area contributed by atoms with Crippen molar-refractivity contribution in [2.45, 2.75) is 33.1 Å². The molecule has 1 aromatic heterocycles. The Morgan fingerprint density at radius 2 is 2.13 bits per heavy atom. The number of rotatable bonds is 4. The molecule has 0 aromatic carbocycles. The van der Waals surface area contributed by atoms with Crippen LogP contribution in [0.25, 0.3) is 0 Å². The molecule has 0 fully saturated rings. The first-order chi connectivity index (χ1) is 7.06. The van der Waals surface area contributed by atoms with Gasteiger partial charge in [-0.15, -0.1) is 0 Å². The van der Waals surface area contributed by atoms with Crippen LogP contribution in [-0.4, -0.2) is 9.79 Å².